The summed E-state index contributed by atoms with van der Waals surface area (Å²) in [5.74, 6) is 1.42. The van der Waals surface area contributed by atoms with Crippen LogP contribution in [0.25, 0.3) is 0 Å². The standard InChI is InChI=1S/C23H31N3O2/c1-3-25-16-20(19-7-5-4-6-8-19)15-23(17-25)9-11-26(12-10-23)22(27)14-21-13-18(2)24-28-21/h4-8,13,20H,3,9-12,14-17H2,1-2H3. The molecule has 0 aliphatic carbocycles. The van der Waals surface area contributed by atoms with Gasteiger partial charge in [0, 0.05) is 32.2 Å². The molecule has 2 aliphatic heterocycles. The monoisotopic (exact) mass is 381 g/mol. The molecular weight excluding hydrogens is 350 g/mol. The van der Waals surface area contributed by atoms with Crippen LogP contribution in [-0.2, 0) is 11.2 Å². The van der Waals surface area contributed by atoms with Crippen molar-refractivity contribution in [3.63, 3.8) is 0 Å². The molecule has 1 spiro atoms. The summed E-state index contributed by atoms with van der Waals surface area (Å²) in [6.45, 7) is 9.26. The van der Waals surface area contributed by atoms with Crippen LogP contribution in [0.1, 0.15) is 49.1 Å². The van der Waals surface area contributed by atoms with Gasteiger partial charge in [0.15, 0.2) is 0 Å². The number of aryl methyl sites for hydroxylation is 1. The average molecular weight is 382 g/mol. The first-order valence-electron chi connectivity index (χ1n) is 10.5. The fraction of sp³-hybridized carbons (Fsp3) is 0.565. The number of amides is 1. The van der Waals surface area contributed by atoms with Gasteiger partial charge in [0.2, 0.25) is 5.91 Å². The molecule has 2 aliphatic rings. The highest BCUT2D eigenvalue weighted by Gasteiger charge is 2.42. The van der Waals surface area contributed by atoms with Crippen molar-refractivity contribution < 1.29 is 9.32 Å². The molecule has 2 aromatic rings. The number of carbonyl (C=O) groups excluding carboxylic acids is 1. The molecule has 0 saturated carbocycles. The number of piperidine rings is 2. The fourth-order valence-electron chi connectivity index (χ4n) is 5.04. The molecule has 3 heterocycles. The predicted molar refractivity (Wildman–Crippen MR) is 109 cm³/mol. The first-order valence-corrected chi connectivity index (χ1v) is 10.5. The lowest BCUT2D eigenvalue weighted by atomic mass is 9.68. The maximum atomic E-state index is 12.7. The Hall–Kier alpha value is -2.14. The van der Waals surface area contributed by atoms with E-state index >= 15 is 0 Å². The van der Waals surface area contributed by atoms with E-state index in [2.05, 4.69) is 47.3 Å². The summed E-state index contributed by atoms with van der Waals surface area (Å²) >= 11 is 0. The normalized spacial score (nSPS) is 22.5. The number of nitrogens with zero attached hydrogens (tertiary/aromatic N) is 3. The van der Waals surface area contributed by atoms with Crippen LogP contribution in [0.2, 0.25) is 0 Å². The molecule has 0 bridgehead atoms. The Morgan fingerprint density at radius 2 is 2.00 bits per heavy atom. The van der Waals surface area contributed by atoms with Gasteiger partial charge in [0.1, 0.15) is 5.76 Å². The van der Waals surface area contributed by atoms with Gasteiger partial charge in [-0.2, -0.15) is 0 Å². The van der Waals surface area contributed by atoms with Crippen LogP contribution in [0, 0.1) is 12.3 Å². The van der Waals surface area contributed by atoms with Gasteiger partial charge in [-0.15, -0.1) is 0 Å². The smallest absolute Gasteiger partial charge is 0.230 e. The third kappa shape index (κ3) is 4.14. The van der Waals surface area contributed by atoms with Gasteiger partial charge in [-0.25, -0.2) is 0 Å². The molecule has 0 radical (unpaired) electrons. The van der Waals surface area contributed by atoms with E-state index in [4.69, 9.17) is 4.52 Å². The quantitative estimate of drug-likeness (QED) is 0.811. The molecule has 1 amide bonds. The largest absolute Gasteiger partial charge is 0.361 e. The molecule has 2 fully saturated rings. The highest BCUT2D eigenvalue weighted by molar-refractivity contribution is 5.78. The van der Waals surface area contributed by atoms with Gasteiger partial charge in [0.05, 0.1) is 12.1 Å². The molecular formula is C23H31N3O2. The first-order chi connectivity index (χ1) is 13.6. The van der Waals surface area contributed by atoms with Crippen LogP contribution in [-0.4, -0.2) is 53.6 Å². The average Bonchev–Trinajstić information content (AvgIpc) is 3.13. The third-order valence-corrected chi connectivity index (χ3v) is 6.61. The maximum absolute atomic E-state index is 12.7. The van der Waals surface area contributed by atoms with Gasteiger partial charge in [-0.05, 0) is 49.6 Å². The summed E-state index contributed by atoms with van der Waals surface area (Å²) < 4.78 is 5.22. The minimum absolute atomic E-state index is 0.161. The zero-order valence-electron chi connectivity index (χ0n) is 17.1. The van der Waals surface area contributed by atoms with E-state index in [-0.39, 0.29) is 5.91 Å². The topological polar surface area (TPSA) is 49.6 Å². The van der Waals surface area contributed by atoms with Crippen molar-refractivity contribution in [3.05, 3.63) is 53.4 Å². The summed E-state index contributed by atoms with van der Waals surface area (Å²) in [7, 11) is 0. The van der Waals surface area contributed by atoms with Gasteiger partial charge in [-0.3, -0.25) is 4.79 Å². The van der Waals surface area contributed by atoms with E-state index in [1.165, 1.54) is 12.0 Å². The van der Waals surface area contributed by atoms with Gasteiger partial charge >= 0.3 is 0 Å². The van der Waals surface area contributed by atoms with Gasteiger partial charge in [0.25, 0.3) is 0 Å². The molecule has 5 nitrogen and oxygen atoms in total. The van der Waals surface area contributed by atoms with Crippen molar-refractivity contribution in [1.29, 1.82) is 0 Å². The molecule has 1 atom stereocenters. The predicted octanol–water partition coefficient (Wildman–Crippen LogP) is 3.64. The maximum Gasteiger partial charge on any atom is 0.230 e. The minimum Gasteiger partial charge on any atom is -0.361 e. The first kappa shape index (κ1) is 19.2. The molecule has 1 unspecified atom stereocenters. The third-order valence-electron chi connectivity index (χ3n) is 6.61. The zero-order valence-corrected chi connectivity index (χ0v) is 17.1. The molecule has 5 heteroatoms. The highest BCUT2D eigenvalue weighted by Crippen LogP contribution is 2.45. The molecule has 2 saturated heterocycles. The van der Waals surface area contributed by atoms with Gasteiger partial charge in [-0.1, -0.05) is 42.4 Å². The number of hydrogen-bond donors (Lipinski definition) is 0. The number of likely N-dealkylation sites (tertiary alicyclic amines) is 2. The van der Waals surface area contributed by atoms with E-state index in [1.807, 2.05) is 17.9 Å². The second-order valence-corrected chi connectivity index (χ2v) is 8.63. The Labute approximate surface area is 167 Å². The lowest BCUT2D eigenvalue weighted by molar-refractivity contribution is -0.133. The molecule has 28 heavy (non-hydrogen) atoms. The van der Waals surface area contributed by atoms with Crippen LogP contribution in [0.15, 0.2) is 40.9 Å². The lowest BCUT2D eigenvalue weighted by Gasteiger charge is -2.50. The summed E-state index contributed by atoms with van der Waals surface area (Å²) in [6, 6.07) is 12.8. The summed E-state index contributed by atoms with van der Waals surface area (Å²) in [5.41, 5.74) is 2.61. The van der Waals surface area contributed by atoms with Crippen molar-refractivity contribution in [3.8, 4) is 0 Å². The van der Waals surface area contributed by atoms with E-state index in [0.29, 0.717) is 23.5 Å². The van der Waals surface area contributed by atoms with Crippen LogP contribution >= 0.6 is 0 Å². The highest BCUT2D eigenvalue weighted by atomic mass is 16.5. The number of carbonyl (C=O) groups is 1. The number of likely N-dealkylation sites (N-methyl/N-ethyl adjacent to an activating group) is 1. The van der Waals surface area contributed by atoms with Crippen molar-refractivity contribution in [2.75, 3.05) is 32.7 Å². The molecule has 1 aromatic heterocycles. The Kier molecular flexibility index (Phi) is 5.54. The molecule has 1 aromatic carbocycles. The van der Waals surface area contributed by atoms with Crippen LogP contribution in [0.4, 0.5) is 0 Å². The van der Waals surface area contributed by atoms with Gasteiger partial charge < -0.3 is 14.3 Å². The summed E-state index contributed by atoms with van der Waals surface area (Å²) in [6.07, 6.45) is 3.74. The van der Waals surface area contributed by atoms with E-state index in [1.54, 1.807) is 0 Å². The molecule has 150 valence electrons. The summed E-state index contributed by atoms with van der Waals surface area (Å²) in [5, 5.41) is 3.89. The molecule has 0 N–H and O–H groups in total. The van der Waals surface area contributed by atoms with Crippen LogP contribution < -0.4 is 0 Å². The Bertz CT molecular complexity index is 793. The minimum atomic E-state index is 0.161. The fourth-order valence-corrected chi connectivity index (χ4v) is 5.04. The number of benzene rings is 1. The Balaban J connectivity index is 1.40. The van der Waals surface area contributed by atoms with Crippen LogP contribution in [0.5, 0.6) is 0 Å². The SMILES string of the molecule is CCN1CC(c2ccccc2)CC2(CCN(C(=O)Cc3cc(C)no3)CC2)C1. The van der Waals surface area contributed by atoms with E-state index in [9.17, 15) is 4.79 Å². The van der Waals surface area contributed by atoms with Crippen molar-refractivity contribution in [1.82, 2.24) is 15.0 Å². The van der Waals surface area contributed by atoms with Crippen molar-refractivity contribution >= 4 is 5.91 Å². The number of rotatable bonds is 4. The Morgan fingerprint density at radius 1 is 1.25 bits per heavy atom. The second-order valence-electron chi connectivity index (χ2n) is 8.63. The van der Waals surface area contributed by atoms with Crippen molar-refractivity contribution in [2.24, 2.45) is 5.41 Å². The molecule has 4 rings (SSSR count). The van der Waals surface area contributed by atoms with E-state index < -0.39 is 0 Å². The van der Waals surface area contributed by atoms with E-state index in [0.717, 1.165) is 51.3 Å². The Morgan fingerprint density at radius 3 is 2.64 bits per heavy atom. The van der Waals surface area contributed by atoms with Crippen molar-refractivity contribution in [2.45, 2.75) is 45.4 Å². The van der Waals surface area contributed by atoms with Crippen LogP contribution in [0.3, 0.4) is 0 Å². The zero-order chi connectivity index (χ0) is 19.6. The lowest BCUT2D eigenvalue weighted by Crippen LogP contribution is -2.52. The number of hydrogen-bond acceptors (Lipinski definition) is 4. The summed E-state index contributed by atoms with van der Waals surface area (Å²) in [4.78, 5) is 17.3. The number of aromatic nitrogens is 1. The second kappa shape index (κ2) is 8.08.